The monoisotopic (exact) mass is 350 g/mol. The zero-order valence-electron chi connectivity index (χ0n) is 14.8. The van der Waals surface area contributed by atoms with Crippen LogP contribution in [0.5, 0.6) is 5.75 Å². The Labute approximate surface area is 152 Å². The first-order valence-electron chi connectivity index (χ1n) is 8.99. The minimum atomic E-state index is 0.140. The summed E-state index contributed by atoms with van der Waals surface area (Å²) in [7, 11) is 2.09. The molecule has 1 aliphatic rings. The molecule has 2 heterocycles. The highest BCUT2D eigenvalue weighted by Crippen LogP contribution is 2.30. The molecule has 0 atom stereocenters. The number of anilines is 1. The fourth-order valence-electron chi connectivity index (χ4n) is 3.54. The van der Waals surface area contributed by atoms with Crippen LogP contribution in [0.1, 0.15) is 32.1 Å². The molecule has 0 aliphatic heterocycles. The van der Waals surface area contributed by atoms with Crippen LogP contribution in [0.3, 0.4) is 0 Å². The van der Waals surface area contributed by atoms with Crippen molar-refractivity contribution in [3.8, 4) is 22.7 Å². The van der Waals surface area contributed by atoms with Gasteiger partial charge in [-0.15, -0.1) is 15.3 Å². The number of phenolic OH excluding ortho intramolecular Hbond substituents is 1. The average Bonchev–Trinajstić information content (AvgIpc) is 3.23. The maximum absolute atomic E-state index is 10.4. The van der Waals surface area contributed by atoms with Crippen molar-refractivity contribution in [1.29, 1.82) is 0 Å². The smallest absolute Gasteiger partial charge is 0.151 e. The van der Waals surface area contributed by atoms with Crippen LogP contribution >= 0.6 is 0 Å². The Kier molecular flexibility index (Phi) is 4.51. The molecule has 1 aliphatic carbocycles. The van der Waals surface area contributed by atoms with Crippen molar-refractivity contribution in [3.05, 3.63) is 42.7 Å². The van der Waals surface area contributed by atoms with Crippen molar-refractivity contribution in [2.75, 3.05) is 11.9 Å². The fraction of sp³-hybridized carbons (Fsp3) is 0.368. The first-order valence-corrected chi connectivity index (χ1v) is 8.99. The molecule has 4 rings (SSSR count). The van der Waals surface area contributed by atoms with Gasteiger partial charge in [0.1, 0.15) is 5.75 Å². The van der Waals surface area contributed by atoms with Crippen LogP contribution in [-0.4, -0.2) is 43.4 Å². The Morgan fingerprint density at radius 1 is 1.08 bits per heavy atom. The van der Waals surface area contributed by atoms with E-state index in [1.165, 1.54) is 32.1 Å². The maximum Gasteiger partial charge on any atom is 0.151 e. The van der Waals surface area contributed by atoms with Crippen molar-refractivity contribution in [2.45, 2.75) is 38.1 Å². The Hall–Kier alpha value is -2.96. The molecule has 0 unspecified atom stereocenters. The third-order valence-corrected chi connectivity index (χ3v) is 5.08. The predicted octanol–water partition coefficient (Wildman–Crippen LogP) is 3.20. The van der Waals surface area contributed by atoms with Crippen molar-refractivity contribution >= 4 is 5.82 Å². The summed E-state index contributed by atoms with van der Waals surface area (Å²) in [5, 5.41) is 26.8. The molecule has 26 heavy (non-hydrogen) atoms. The second-order valence-electron chi connectivity index (χ2n) is 6.73. The largest absolute Gasteiger partial charge is 0.507 e. The number of phenols is 1. The first-order chi connectivity index (χ1) is 12.7. The second kappa shape index (κ2) is 7.11. The number of nitrogens with zero attached hydrogens (tertiary/aromatic N) is 6. The molecular weight excluding hydrogens is 328 g/mol. The van der Waals surface area contributed by atoms with Crippen LogP contribution in [0.15, 0.2) is 42.7 Å². The molecule has 0 amide bonds. The SMILES string of the molecule is CN(c1ccc(-c2ccc(-n3ccnn3)cc2O)nn1)C1CCCCC1. The van der Waals surface area contributed by atoms with Gasteiger partial charge in [-0.05, 0) is 37.1 Å². The minimum absolute atomic E-state index is 0.140. The van der Waals surface area contributed by atoms with Crippen LogP contribution in [0.4, 0.5) is 5.82 Å². The van der Waals surface area contributed by atoms with Gasteiger partial charge in [0, 0.05) is 24.7 Å². The maximum atomic E-state index is 10.4. The zero-order chi connectivity index (χ0) is 17.9. The standard InChI is InChI=1S/C19H22N6O/c1-24(14-5-3-2-4-6-14)19-10-9-17(21-22-19)16-8-7-15(13-18(16)26)25-12-11-20-23-25/h7-14,26H,2-6H2,1H3. The molecule has 0 spiro atoms. The summed E-state index contributed by atoms with van der Waals surface area (Å²) in [5.41, 5.74) is 2.03. The van der Waals surface area contributed by atoms with E-state index in [9.17, 15) is 5.11 Å². The Balaban J connectivity index is 1.55. The molecule has 1 aromatic carbocycles. The molecule has 1 fully saturated rings. The lowest BCUT2D eigenvalue weighted by Gasteiger charge is -2.31. The van der Waals surface area contributed by atoms with Gasteiger partial charge in [-0.1, -0.05) is 24.5 Å². The highest BCUT2D eigenvalue weighted by molar-refractivity contribution is 5.68. The predicted molar refractivity (Wildman–Crippen MR) is 99.3 cm³/mol. The summed E-state index contributed by atoms with van der Waals surface area (Å²) in [4.78, 5) is 2.23. The molecular formula is C19H22N6O. The van der Waals surface area contributed by atoms with Gasteiger partial charge >= 0.3 is 0 Å². The Morgan fingerprint density at radius 2 is 1.92 bits per heavy atom. The summed E-state index contributed by atoms with van der Waals surface area (Å²) in [6, 6.07) is 9.76. The molecule has 7 nitrogen and oxygen atoms in total. The van der Waals surface area contributed by atoms with Gasteiger partial charge in [-0.2, -0.15) is 0 Å². The van der Waals surface area contributed by atoms with Gasteiger partial charge in [0.15, 0.2) is 5.82 Å². The Bertz CT molecular complexity index is 856. The van der Waals surface area contributed by atoms with E-state index in [2.05, 4.69) is 32.5 Å². The number of rotatable bonds is 4. The van der Waals surface area contributed by atoms with Crippen molar-refractivity contribution < 1.29 is 5.11 Å². The number of aromatic nitrogens is 5. The van der Waals surface area contributed by atoms with Crippen molar-refractivity contribution in [3.63, 3.8) is 0 Å². The second-order valence-corrected chi connectivity index (χ2v) is 6.73. The molecule has 0 radical (unpaired) electrons. The molecule has 3 aromatic rings. The summed E-state index contributed by atoms with van der Waals surface area (Å²) in [6.07, 6.45) is 9.65. The molecule has 2 aromatic heterocycles. The molecule has 0 bridgehead atoms. The lowest BCUT2D eigenvalue weighted by Crippen LogP contribution is -2.34. The fourth-order valence-corrected chi connectivity index (χ4v) is 3.54. The molecule has 0 saturated heterocycles. The van der Waals surface area contributed by atoms with Crippen LogP contribution in [0.25, 0.3) is 16.9 Å². The normalized spacial score (nSPS) is 15.1. The molecule has 1 N–H and O–H groups in total. The number of hydrogen-bond acceptors (Lipinski definition) is 6. The van der Waals surface area contributed by atoms with Crippen LogP contribution in [0, 0.1) is 0 Å². The quantitative estimate of drug-likeness (QED) is 0.778. The highest BCUT2D eigenvalue weighted by atomic mass is 16.3. The summed E-state index contributed by atoms with van der Waals surface area (Å²) in [6.45, 7) is 0. The lowest BCUT2D eigenvalue weighted by atomic mass is 9.94. The van der Waals surface area contributed by atoms with E-state index in [-0.39, 0.29) is 5.75 Å². The number of hydrogen-bond donors (Lipinski definition) is 1. The third-order valence-electron chi connectivity index (χ3n) is 5.08. The highest BCUT2D eigenvalue weighted by Gasteiger charge is 2.19. The van der Waals surface area contributed by atoms with E-state index in [1.807, 2.05) is 24.3 Å². The molecule has 7 heteroatoms. The van der Waals surface area contributed by atoms with Crippen LogP contribution in [0.2, 0.25) is 0 Å². The van der Waals surface area contributed by atoms with E-state index >= 15 is 0 Å². The van der Waals surface area contributed by atoms with Crippen LogP contribution in [-0.2, 0) is 0 Å². The summed E-state index contributed by atoms with van der Waals surface area (Å²) >= 11 is 0. The number of benzene rings is 1. The Morgan fingerprint density at radius 3 is 2.58 bits per heavy atom. The minimum Gasteiger partial charge on any atom is -0.507 e. The summed E-state index contributed by atoms with van der Waals surface area (Å²) in [5.74, 6) is 1.01. The third kappa shape index (κ3) is 3.24. The summed E-state index contributed by atoms with van der Waals surface area (Å²) < 4.78 is 1.59. The van der Waals surface area contributed by atoms with E-state index in [1.54, 1.807) is 23.1 Å². The molecule has 134 valence electrons. The van der Waals surface area contributed by atoms with E-state index in [4.69, 9.17) is 0 Å². The van der Waals surface area contributed by atoms with E-state index < -0.39 is 0 Å². The van der Waals surface area contributed by atoms with Gasteiger partial charge in [-0.25, -0.2) is 4.68 Å². The molecule has 1 saturated carbocycles. The van der Waals surface area contributed by atoms with Gasteiger partial charge in [0.25, 0.3) is 0 Å². The van der Waals surface area contributed by atoms with Crippen molar-refractivity contribution in [1.82, 2.24) is 25.2 Å². The van der Waals surface area contributed by atoms with Crippen molar-refractivity contribution in [2.24, 2.45) is 0 Å². The average molecular weight is 350 g/mol. The van der Waals surface area contributed by atoms with Gasteiger partial charge in [-0.3, -0.25) is 0 Å². The van der Waals surface area contributed by atoms with Crippen LogP contribution < -0.4 is 4.90 Å². The lowest BCUT2D eigenvalue weighted by molar-refractivity contribution is 0.425. The van der Waals surface area contributed by atoms with E-state index in [0.717, 1.165) is 11.5 Å². The van der Waals surface area contributed by atoms with E-state index in [0.29, 0.717) is 17.3 Å². The topological polar surface area (TPSA) is 80.0 Å². The zero-order valence-corrected chi connectivity index (χ0v) is 14.8. The number of aromatic hydroxyl groups is 1. The first kappa shape index (κ1) is 16.5. The van der Waals surface area contributed by atoms with Gasteiger partial charge in [0.2, 0.25) is 0 Å². The van der Waals surface area contributed by atoms with Gasteiger partial charge < -0.3 is 10.0 Å². The van der Waals surface area contributed by atoms with Gasteiger partial charge in [0.05, 0.1) is 23.8 Å².